The lowest BCUT2D eigenvalue weighted by atomic mass is 9.80. The van der Waals surface area contributed by atoms with E-state index in [2.05, 4.69) is 25.1 Å². The maximum absolute atomic E-state index is 14.2. The summed E-state index contributed by atoms with van der Waals surface area (Å²) in [4.78, 5) is 0. The number of fused-ring (bicyclic) bond motifs is 5. The van der Waals surface area contributed by atoms with Crippen LogP contribution in [0.5, 0.6) is 0 Å². The summed E-state index contributed by atoms with van der Waals surface area (Å²) in [6, 6.07) is 12.1. The van der Waals surface area contributed by atoms with E-state index in [9.17, 15) is 4.39 Å². The Balaban J connectivity index is 2.20. The predicted molar refractivity (Wildman–Crippen MR) is 87.5 cm³/mol. The maximum Gasteiger partial charge on any atom is 0.131 e. The minimum absolute atomic E-state index is 0.113. The van der Waals surface area contributed by atoms with Gasteiger partial charge in [0.15, 0.2) is 0 Å². The Labute approximate surface area is 124 Å². The summed E-state index contributed by atoms with van der Waals surface area (Å²) in [5, 5.41) is 4.34. The Hall–Kier alpha value is -1.89. The molecule has 21 heavy (non-hydrogen) atoms. The Morgan fingerprint density at radius 1 is 1.05 bits per heavy atom. The van der Waals surface area contributed by atoms with Gasteiger partial charge in [-0.2, -0.15) is 0 Å². The fourth-order valence-electron chi connectivity index (χ4n) is 4.05. The van der Waals surface area contributed by atoms with Crippen molar-refractivity contribution in [2.45, 2.75) is 39.0 Å². The van der Waals surface area contributed by atoms with Crippen molar-refractivity contribution >= 4 is 21.5 Å². The zero-order valence-electron chi connectivity index (χ0n) is 12.5. The molecule has 0 fully saturated rings. The van der Waals surface area contributed by atoms with Gasteiger partial charge in [0.1, 0.15) is 5.82 Å². The number of hydrogen-bond donors (Lipinski definition) is 0. The summed E-state index contributed by atoms with van der Waals surface area (Å²) in [7, 11) is 0. The Morgan fingerprint density at radius 2 is 1.90 bits per heavy atom. The van der Waals surface area contributed by atoms with Crippen LogP contribution in [0.4, 0.5) is 4.39 Å². The molecule has 1 aliphatic rings. The molecule has 0 nitrogen and oxygen atoms in total. The smallest absolute Gasteiger partial charge is 0.131 e. The van der Waals surface area contributed by atoms with Crippen molar-refractivity contribution in [3.05, 3.63) is 58.9 Å². The van der Waals surface area contributed by atoms with E-state index < -0.39 is 0 Å². The molecule has 0 N–H and O–H groups in total. The number of aryl methyl sites for hydroxylation is 2. The van der Waals surface area contributed by atoms with Crippen molar-refractivity contribution < 1.29 is 4.39 Å². The van der Waals surface area contributed by atoms with Crippen LogP contribution in [0.1, 0.15) is 42.4 Å². The predicted octanol–water partition coefficient (Wildman–Crippen LogP) is 5.88. The minimum atomic E-state index is -0.113. The molecule has 0 amide bonds. The number of hydrogen-bond acceptors (Lipinski definition) is 0. The summed E-state index contributed by atoms with van der Waals surface area (Å²) in [5.74, 6) is 0.487. The molecule has 0 spiro atoms. The molecule has 106 valence electrons. The zero-order valence-corrected chi connectivity index (χ0v) is 12.5. The molecule has 0 bridgehead atoms. The van der Waals surface area contributed by atoms with Gasteiger partial charge in [-0.05, 0) is 71.0 Å². The summed E-state index contributed by atoms with van der Waals surface area (Å²) in [6.45, 7) is 4.35. The van der Waals surface area contributed by atoms with E-state index in [1.165, 1.54) is 41.2 Å². The first-order chi connectivity index (χ1) is 10.2. The SMILES string of the molecule is Cc1cc2c3c(ccc2c2cccc(F)c12)CCCC3C. The van der Waals surface area contributed by atoms with Gasteiger partial charge in [-0.25, -0.2) is 4.39 Å². The first-order valence-electron chi connectivity index (χ1n) is 7.80. The summed E-state index contributed by atoms with van der Waals surface area (Å²) in [5.41, 5.74) is 4.02. The average Bonchev–Trinajstić information content (AvgIpc) is 2.47. The summed E-state index contributed by atoms with van der Waals surface area (Å²) >= 11 is 0. The van der Waals surface area contributed by atoms with E-state index in [0.717, 1.165) is 16.3 Å². The van der Waals surface area contributed by atoms with Gasteiger partial charge in [0, 0.05) is 5.39 Å². The van der Waals surface area contributed by atoms with Crippen molar-refractivity contribution in [2.24, 2.45) is 0 Å². The standard InChI is InChI=1S/C20H19F/c1-12-5-3-6-14-9-10-15-16-7-4-8-18(21)20(16)13(2)11-17(15)19(12)14/h4,7-12H,3,5-6H2,1-2H3. The normalized spacial score (nSPS) is 18.1. The minimum Gasteiger partial charge on any atom is -0.206 e. The van der Waals surface area contributed by atoms with Crippen LogP contribution in [0.2, 0.25) is 0 Å². The quantitative estimate of drug-likeness (QED) is 0.450. The third kappa shape index (κ3) is 1.80. The molecule has 1 atom stereocenters. The van der Waals surface area contributed by atoms with Crippen LogP contribution in [0, 0.1) is 12.7 Å². The molecule has 1 aliphatic carbocycles. The number of rotatable bonds is 0. The highest BCUT2D eigenvalue weighted by Crippen LogP contribution is 2.40. The lowest BCUT2D eigenvalue weighted by Crippen LogP contribution is -2.07. The molecule has 0 aliphatic heterocycles. The van der Waals surface area contributed by atoms with Crippen LogP contribution in [-0.4, -0.2) is 0 Å². The largest absolute Gasteiger partial charge is 0.206 e. The van der Waals surface area contributed by atoms with Gasteiger partial charge in [0.25, 0.3) is 0 Å². The highest BCUT2D eigenvalue weighted by Gasteiger charge is 2.20. The molecule has 0 saturated heterocycles. The van der Waals surface area contributed by atoms with Gasteiger partial charge in [0.05, 0.1) is 0 Å². The number of benzene rings is 3. The second kappa shape index (κ2) is 4.56. The Morgan fingerprint density at radius 3 is 2.76 bits per heavy atom. The average molecular weight is 278 g/mol. The third-order valence-corrected chi connectivity index (χ3v) is 5.01. The van der Waals surface area contributed by atoms with Crippen molar-refractivity contribution in [3.63, 3.8) is 0 Å². The molecular weight excluding hydrogens is 259 g/mol. The van der Waals surface area contributed by atoms with Crippen LogP contribution in [-0.2, 0) is 6.42 Å². The third-order valence-electron chi connectivity index (χ3n) is 5.01. The molecule has 0 radical (unpaired) electrons. The lowest BCUT2D eigenvalue weighted by Gasteiger charge is -2.25. The van der Waals surface area contributed by atoms with E-state index >= 15 is 0 Å². The monoisotopic (exact) mass is 278 g/mol. The molecule has 0 aromatic heterocycles. The Bertz CT molecular complexity index is 861. The maximum atomic E-state index is 14.2. The Kier molecular flexibility index (Phi) is 2.78. The van der Waals surface area contributed by atoms with Gasteiger partial charge in [-0.3, -0.25) is 0 Å². The summed E-state index contributed by atoms with van der Waals surface area (Å²) in [6.07, 6.45) is 3.71. The molecule has 3 aromatic rings. The van der Waals surface area contributed by atoms with Crippen LogP contribution in [0.25, 0.3) is 21.5 Å². The van der Waals surface area contributed by atoms with Gasteiger partial charge < -0.3 is 0 Å². The first-order valence-corrected chi connectivity index (χ1v) is 7.80. The zero-order chi connectivity index (χ0) is 14.6. The van der Waals surface area contributed by atoms with Gasteiger partial charge in [-0.15, -0.1) is 0 Å². The topological polar surface area (TPSA) is 0 Å². The number of halogens is 1. The van der Waals surface area contributed by atoms with Crippen LogP contribution < -0.4 is 0 Å². The molecule has 0 saturated carbocycles. The molecule has 4 rings (SSSR count). The fraction of sp³-hybridized carbons (Fsp3) is 0.300. The van der Waals surface area contributed by atoms with Crippen molar-refractivity contribution in [3.8, 4) is 0 Å². The van der Waals surface area contributed by atoms with E-state index in [1.54, 1.807) is 6.07 Å². The first kappa shape index (κ1) is 12.8. The molecule has 1 unspecified atom stereocenters. The van der Waals surface area contributed by atoms with E-state index in [-0.39, 0.29) is 5.82 Å². The van der Waals surface area contributed by atoms with Gasteiger partial charge in [0.2, 0.25) is 0 Å². The molecular formula is C20H19F. The lowest BCUT2D eigenvalue weighted by molar-refractivity contribution is 0.595. The fourth-order valence-corrected chi connectivity index (χ4v) is 4.05. The van der Waals surface area contributed by atoms with E-state index in [0.29, 0.717) is 5.92 Å². The van der Waals surface area contributed by atoms with Crippen LogP contribution in [0.3, 0.4) is 0 Å². The summed E-state index contributed by atoms with van der Waals surface area (Å²) < 4.78 is 14.2. The highest BCUT2D eigenvalue weighted by molar-refractivity contribution is 6.10. The van der Waals surface area contributed by atoms with Crippen LogP contribution >= 0.6 is 0 Å². The molecule has 1 heteroatoms. The second-order valence-electron chi connectivity index (χ2n) is 6.38. The van der Waals surface area contributed by atoms with Crippen LogP contribution in [0.15, 0.2) is 36.4 Å². The highest BCUT2D eigenvalue weighted by atomic mass is 19.1. The van der Waals surface area contributed by atoms with Gasteiger partial charge in [-0.1, -0.05) is 37.3 Å². The van der Waals surface area contributed by atoms with Crippen molar-refractivity contribution in [2.75, 3.05) is 0 Å². The van der Waals surface area contributed by atoms with Crippen molar-refractivity contribution in [1.82, 2.24) is 0 Å². The van der Waals surface area contributed by atoms with Gasteiger partial charge >= 0.3 is 0 Å². The molecule has 3 aromatic carbocycles. The van der Waals surface area contributed by atoms with E-state index in [4.69, 9.17) is 0 Å². The van der Waals surface area contributed by atoms with Crippen molar-refractivity contribution in [1.29, 1.82) is 0 Å². The molecule has 0 heterocycles. The van der Waals surface area contributed by atoms with E-state index in [1.807, 2.05) is 19.1 Å². The second-order valence-corrected chi connectivity index (χ2v) is 6.38.